The van der Waals surface area contributed by atoms with E-state index in [9.17, 15) is 4.79 Å². The lowest BCUT2D eigenvalue weighted by Gasteiger charge is -2.03. The average Bonchev–Trinajstić information content (AvgIpc) is 3.25. The molecule has 4 aromatic rings. The zero-order chi connectivity index (χ0) is 17.6. The maximum atomic E-state index is 12.1. The Hall–Kier alpha value is -1.87. The van der Waals surface area contributed by atoms with Crippen LogP contribution in [0.4, 0.5) is 5.95 Å². The van der Waals surface area contributed by atoms with E-state index in [1.54, 1.807) is 34.8 Å². The third-order valence-corrected chi connectivity index (χ3v) is 5.12. The Labute approximate surface area is 163 Å². The second kappa shape index (κ2) is 6.45. The highest BCUT2D eigenvalue weighted by molar-refractivity contribution is 9.10. The molecule has 0 spiro atoms. The molecule has 0 fully saturated rings. The predicted octanol–water partition coefficient (Wildman–Crippen LogP) is 5.37. The summed E-state index contributed by atoms with van der Waals surface area (Å²) in [6.45, 7) is 0. The van der Waals surface area contributed by atoms with Crippen LogP contribution in [0, 0.1) is 0 Å². The molecule has 0 bridgehead atoms. The molecule has 0 radical (unpaired) electrons. The number of amides is 1. The van der Waals surface area contributed by atoms with E-state index in [1.807, 2.05) is 5.38 Å². The fraction of sp³-hybridized carbons (Fsp3) is 0. The maximum absolute atomic E-state index is 12.1. The summed E-state index contributed by atoms with van der Waals surface area (Å²) < 4.78 is 7.28. The number of anilines is 1. The largest absolute Gasteiger partial charge is 0.444 e. The van der Waals surface area contributed by atoms with Crippen LogP contribution in [0.2, 0.25) is 10.0 Å². The number of carbonyl (C=O) groups is 1. The van der Waals surface area contributed by atoms with Crippen molar-refractivity contribution in [3.05, 3.63) is 56.2 Å². The lowest BCUT2D eigenvalue weighted by Crippen LogP contribution is -2.12. The standard InChI is InChI=1S/C15H7BrCl2N4O2S/c16-12-4-3-11(24-12)13(23)19-14-20-15-22(21-14)10(6-25-15)8-5-7(17)1-2-9(8)18/h1-6H,(H,19,21,23). The van der Waals surface area contributed by atoms with Gasteiger partial charge in [0.25, 0.3) is 11.9 Å². The molecule has 3 aromatic heterocycles. The molecule has 0 unspecified atom stereocenters. The highest BCUT2D eigenvalue weighted by atomic mass is 79.9. The highest BCUT2D eigenvalue weighted by Gasteiger charge is 2.17. The Morgan fingerprint density at radius 2 is 2.12 bits per heavy atom. The van der Waals surface area contributed by atoms with E-state index in [2.05, 4.69) is 31.3 Å². The predicted molar refractivity (Wildman–Crippen MR) is 101 cm³/mol. The number of furan rings is 1. The fourth-order valence-corrected chi connectivity index (χ4v) is 3.73. The topological polar surface area (TPSA) is 72.4 Å². The van der Waals surface area contributed by atoms with Crippen molar-refractivity contribution in [2.24, 2.45) is 0 Å². The highest BCUT2D eigenvalue weighted by Crippen LogP contribution is 2.33. The van der Waals surface area contributed by atoms with Gasteiger partial charge in [0.2, 0.25) is 4.96 Å². The van der Waals surface area contributed by atoms with E-state index in [-0.39, 0.29) is 11.7 Å². The number of carbonyl (C=O) groups excluding carboxylic acids is 1. The summed E-state index contributed by atoms with van der Waals surface area (Å²) in [5.74, 6) is -0.113. The molecular formula is C15H7BrCl2N4O2S. The minimum Gasteiger partial charge on any atom is -0.444 e. The third kappa shape index (κ3) is 3.18. The molecule has 1 aromatic carbocycles. The summed E-state index contributed by atoms with van der Waals surface area (Å²) in [6.07, 6.45) is 0. The SMILES string of the molecule is O=C(Nc1nc2scc(-c3cc(Cl)ccc3Cl)n2n1)c1ccc(Br)o1. The molecular weight excluding hydrogens is 451 g/mol. The second-order valence-corrected chi connectivity index (χ2v) is 7.39. The van der Waals surface area contributed by atoms with Crippen LogP contribution in [0.3, 0.4) is 0 Å². The van der Waals surface area contributed by atoms with Crippen molar-refractivity contribution in [1.82, 2.24) is 14.6 Å². The van der Waals surface area contributed by atoms with Gasteiger partial charge < -0.3 is 4.42 Å². The molecule has 25 heavy (non-hydrogen) atoms. The number of thiazole rings is 1. The van der Waals surface area contributed by atoms with E-state index < -0.39 is 5.91 Å². The van der Waals surface area contributed by atoms with Gasteiger partial charge in [-0.25, -0.2) is 4.52 Å². The number of nitrogens with zero attached hydrogens (tertiary/aromatic N) is 3. The number of halogens is 3. The van der Waals surface area contributed by atoms with E-state index >= 15 is 0 Å². The van der Waals surface area contributed by atoms with E-state index in [1.165, 1.54) is 11.3 Å². The van der Waals surface area contributed by atoms with Gasteiger partial charge in [0.1, 0.15) is 0 Å². The van der Waals surface area contributed by atoms with Crippen LogP contribution >= 0.6 is 50.5 Å². The van der Waals surface area contributed by atoms with Gasteiger partial charge >= 0.3 is 0 Å². The van der Waals surface area contributed by atoms with Crippen LogP contribution < -0.4 is 5.32 Å². The summed E-state index contributed by atoms with van der Waals surface area (Å²) in [6, 6.07) is 8.37. The maximum Gasteiger partial charge on any atom is 0.293 e. The Morgan fingerprint density at radius 1 is 1.28 bits per heavy atom. The molecule has 0 atom stereocenters. The molecule has 1 N–H and O–H groups in total. The lowest BCUT2D eigenvalue weighted by atomic mass is 10.2. The first-order valence-corrected chi connectivity index (χ1v) is 9.30. The van der Waals surface area contributed by atoms with Crippen molar-refractivity contribution in [1.29, 1.82) is 0 Å². The lowest BCUT2D eigenvalue weighted by molar-refractivity contribution is 0.0994. The molecule has 6 nitrogen and oxygen atoms in total. The number of rotatable bonds is 3. The van der Waals surface area contributed by atoms with Gasteiger partial charge in [0.15, 0.2) is 10.4 Å². The van der Waals surface area contributed by atoms with Crippen molar-refractivity contribution < 1.29 is 9.21 Å². The molecule has 0 aliphatic carbocycles. The monoisotopic (exact) mass is 456 g/mol. The number of aromatic nitrogens is 3. The van der Waals surface area contributed by atoms with Crippen LogP contribution in [0.1, 0.15) is 10.6 Å². The van der Waals surface area contributed by atoms with E-state index in [0.29, 0.717) is 19.7 Å². The first kappa shape index (κ1) is 16.6. The summed E-state index contributed by atoms with van der Waals surface area (Å²) in [4.78, 5) is 17.0. The fourth-order valence-electron chi connectivity index (χ4n) is 2.21. The van der Waals surface area contributed by atoms with E-state index in [4.69, 9.17) is 27.6 Å². The second-order valence-electron chi connectivity index (χ2n) is 4.93. The molecule has 0 saturated carbocycles. The van der Waals surface area contributed by atoms with Gasteiger partial charge in [-0.05, 0) is 46.3 Å². The van der Waals surface area contributed by atoms with Gasteiger partial charge in [-0.15, -0.1) is 16.4 Å². The van der Waals surface area contributed by atoms with Crippen molar-refractivity contribution in [2.75, 3.05) is 5.32 Å². The van der Waals surface area contributed by atoms with Crippen LogP contribution in [-0.2, 0) is 0 Å². The van der Waals surface area contributed by atoms with Crippen LogP contribution in [-0.4, -0.2) is 20.5 Å². The van der Waals surface area contributed by atoms with Gasteiger partial charge in [0.05, 0.1) is 10.7 Å². The molecule has 10 heteroatoms. The Kier molecular flexibility index (Phi) is 4.28. The van der Waals surface area contributed by atoms with Gasteiger partial charge in [-0.2, -0.15) is 4.98 Å². The Morgan fingerprint density at radius 3 is 2.88 bits per heavy atom. The summed E-state index contributed by atoms with van der Waals surface area (Å²) in [5.41, 5.74) is 1.47. The van der Waals surface area contributed by atoms with Crippen LogP contribution in [0.25, 0.3) is 16.2 Å². The first-order valence-electron chi connectivity index (χ1n) is 6.87. The molecule has 1 amide bonds. The van der Waals surface area contributed by atoms with Crippen LogP contribution in [0.5, 0.6) is 0 Å². The molecule has 126 valence electrons. The van der Waals surface area contributed by atoms with Gasteiger partial charge in [-0.1, -0.05) is 23.2 Å². The number of benzene rings is 1. The summed E-state index contributed by atoms with van der Waals surface area (Å²) >= 11 is 16.8. The third-order valence-electron chi connectivity index (χ3n) is 3.31. The molecule has 0 aliphatic rings. The van der Waals surface area contributed by atoms with Crippen molar-refractivity contribution in [3.63, 3.8) is 0 Å². The smallest absolute Gasteiger partial charge is 0.293 e. The number of hydrogen-bond acceptors (Lipinski definition) is 5. The minimum absolute atomic E-state index is 0.156. The summed E-state index contributed by atoms with van der Waals surface area (Å²) in [7, 11) is 0. The molecule has 0 aliphatic heterocycles. The Bertz CT molecular complexity index is 1100. The van der Waals surface area contributed by atoms with Crippen molar-refractivity contribution in [3.8, 4) is 11.3 Å². The molecule has 4 rings (SSSR count). The summed E-state index contributed by atoms with van der Waals surface area (Å²) in [5, 5.41) is 9.91. The first-order chi connectivity index (χ1) is 12.0. The van der Waals surface area contributed by atoms with Gasteiger partial charge in [-0.3, -0.25) is 10.1 Å². The Balaban J connectivity index is 1.69. The normalized spacial score (nSPS) is 11.2. The van der Waals surface area contributed by atoms with E-state index in [0.717, 1.165) is 11.3 Å². The zero-order valence-electron chi connectivity index (χ0n) is 12.2. The number of fused-ring (bicyclic) bond motifs is 1. The van der Waals surface area contributed by atoms with Crippen LogP contribution in [0.15, 0.2) is 44.8 Å². The number of nitrogens with one attached hydrogen (secondary N) is 1. The minimum atomic E-state index is -0.439. The van der Waals surface area contributed by atoms with Crippen molar-refractivity contribution in [2.45, 2.75) is 0 Å². The molecule has 3 heterocycles. The molecule has 0 saturated heterocycles. The van der Waals surface area contributed by atoms with Crippen molar-refractivity contribution >= 4 is 67.3 Å². The van der Waals surface area contributed by atoms with Gasteiger partial charge in [0, 0.05) is 16.0 Å². The average molecular weight is 458 g/mol. The zero-order valence-corrected chi connectivity index (χ0v) is 16.1. The number of hydrogen-bond donors (Lipinski definition) is 1. The quantitative estimate of drug-likeness (QED) is 0.448.